The third-order valence-corrected chi connectivity index (χ3v) is 11.3. The van der Waals surface area contributed by atoms with Crippen LogP contribution in [0.4, 0.5) is 17.1 Å². The van der Waals surface area contributed by atoms with Crippen molar-refractivity contribution in [2.75, 3.05) is 4.90 Å². The van der Waals surface area contributed by atoms with E-state index in [-0.39, 0.29) is 5.41 Å². The molecular weight excluding hydrogens is 635 g/mol. The Morgan fingerprint density at radius 3 is 1.92 bits per heavy atom. The van der Waals surface area contributed by atoms with Crippen LogP contribution in [-0.4, -0.2) is 0 Å². The van der Waals surface area contributed by atoms with E-state index in [1.165, 1.54) is 27.8 Å². The molecule has 0 bridgehead atoms. The molecule has 0 amide bonds. The highest BCUT2D eigenvalue weighted by molar-refractivity contribution is 6.15. The predicted molar refractivity (Wildman–Crippen MR) is 216 cm³/mol. The Kier molecular flexibility index (Phi) is 6.01. The molecule has 0 aliphatic heterocycles. The zero-order valence-electron chi connectivity index (χ0n) is 28.9. The SMILES string of the molecule is CC1(C)c2ccccc2-c2c(N(c3ccc(-c4ccc5c(ccc6c7ccccc7oc56)c4)cc3)c3ccc4c(c3)oc3ccccc34)cccc21. The van der Waals surface area contributed by atoms with Crippen LogP contribution in [0.25, 0.3) is 76.9 Å². The van der Waals surface area contributed by atoms with Crippen molar-refractivity contribution in [3.63, 3.8) is 0 Å². The Labute approximate surface area is 301 Å². The van der Waals surface area contributed by atoms with Gasteiger partial charge >= 0.3 is 0 Å². The van der Waals surface area contributed by atoms with Gasteiger partial charge in [0, 0.05) is 55.4 Å². The van der Waals surface area contributed by atoms with Gasteiger partial charge in [-0.25, -0.2) is 0 Å². The van der Waals surface area contributed by atoms with Crippen LogP contribution >= 0.6 is 0 Å². The summed E-state index contributed by atoms with van der Waals surface area (Å²) in [7, 11) is 0. The summed E-state index contributed by atoms with van der Waals surface area (Å²) in [6, 6.07) is 58.8. The molecule has 0 fully saturated rings. The van der Waals surface area contributed by atoms with E-state index in [0.717, 1.165) is 77.3 Å². The third-order valence-electron chi connectivity index (χ3n) is 11.3. The first-order valence-electron chi connectivity index (χ1n) is 17.9. The third kappa shape index (κ3) is 4.14. The van der Waals surface area contributed by atoms with Crippen LogP contribution in [0.15, 0.2) is 173 Å². The number of anilines is 3. The minimum Gasteiger partial charge on any atom is -0.456 e. The Morgan fingerprint density at radius 1 is 0.442 bits per heavy atom. The van der Waals surface area contributed by atoms with Crippen molar-refractivity contribution in [1.29, 1.82) is 0 Å². The molecular formula is C49H33NO2. The molecule has 0 radical (unpaired) electrons. The average molecular weight is 668 g/mol. The van der Waals surface area contributed by atoms with Crippen molar-refractivity contribution in [2.45, 2.75) is 19.3 Å². The monoisotopic (exact) mass is 667 g/mol. The van der Waals surface area contributed by atoms with Gasteiger partial charge in [0.1, 0.15) is 22.3 Å². The maximum atomic E-state index is 6.42. The van der Waals surface area contributed by atoms with Gasteiger partial charge in [0.25, 0.3) is 0 Å². The maximum Gasteiger partial charge on any atom is 0.143 e. The molecule has 0 spiro atoms. The van der Waals surface area contributed by atoms with Crippen LogP contribution in [0, 0.1) is 0 Å². The van der Waals surface area contributed by atoms with E-state index in [0.29, 0.717) is 0 Å². The van der Waals surface area contributed by atoms with Crippen molar-refractivity contribution in [2.24, 2.45) is 0 Å². The summed E-state index contributed by atoms with van der Waals surface area (Å²) < 4.78 is 12.8. The number of hydrogen-bond donors (Lipinski definition) is 0. The predicted octanol–water partition coefficient (Wildman–Crippen LogP) is 14.1. The first-order chi connectivity index (χ1) is 25.5. The fourth-order valence-corrected chi connectivity index (χ4v) is 8.70. The molecule has 8 aromatic carbocycles. The number of para-hydroxylation sites is 2. The van der Waals surface area contributed by atoms with Crippen LogP contribution < -0.4 is 4.90 Å². The minimum atomic E-state index is -0.107. The lowest BCUT2D eigenvalue weighted by atomic mass is 9.82. The van der Waals surface area contributed by atoms with Crippen LogP contribution in [0.2, 0.25) is 0 Å². The smallest absolute Gasteiger partial charge is 0.143 e. The van der Waals surface area contributed by atoms with Crippen molar-refractivity contribution < 1.29 is 8.83 Å². The van der Waals surface area contributed by atoms with E-state index >= 15 is 0 Å². The van der Waals surface area contributed by atoms with Crippen LogP contribution in [0.1, 0.15) is 25.0 Å². The van der Waals surface area contributed by atoms with E-state index < -0.39 is 0 Å². The molecule has 3 nitrogen and oxygen atoms in total. The maximum absolute atomic E-state index is 6.42. The number of furan rings is 2. The summed E-state index contributed by atoms with van der Waals surface area (Å²) in [5, 5.41) is 6.85. The first kappa shape index (κ1) is 29.2. The molecule has 3 heteroatoms. The Balaban J connectivity index is 1.06. The Bertz CT molecular complexity index is 3050. The van der Waals surface area contributed by atoms with E-state index in [1.54, 1.807) is 0 Å². The molecule has 2 aromatic heterocycles. The van der Waals surface area contributed by atoms with E-state index in [4.69, 9.17) is 8.83 Å². The topological polar surface area (TPSA) is 29.5 Å². The summed E-state index contributed by atoms with van der Waals surface area (Å²) in [4.78, 5) is 2.39. The van der Waals surface area contributed by atoms with Crippen molar-refractivity contribution in [3.05, 3.63) is 175 Å². The van der Waals surface area contributed by atoms with E-state index in [1.807, 2.05) is 24.3 Å². The normalized spacial score (nSPS) is 13.3. The summed E-state index contributed by atoms with van der Waals surface area (Å²) in [5.41, 5.74) is 14.4. The minimum absolute atomic E-state index is 0.107. The largest absolute Gasteiger partial charge is 0.456 e. The fourth-order valence-electron chi connectivity index (χ4n) is 8.70. The summed E-state index contributed by atoms with van der Waals surface area (Å²) in [5.74, 6) is 0. The molecule has 0 atom stereocenters. The lowest BCUT2D eigenvalue weighted by Gasteiger charge is -2.29. The van der Waals surface area contributed by atoms with Crippen LogP contribution in [-0.2, 0) is 5.41 Å². The molecule has 10 aromatic rings. The van der Waals surface area contributed by atoms with Crippen molar-refractivity contribution in [1.82, 2.24) is 0 Å². The zero-order chi connectivity index (χ0) is 34.6. The number of fused-ring (bicyclic) bond motifs is 11. The Hall–Kier alpha value is -6.58. The fraction of sp³-hybridized carbons (Fsp3) is 0.0612. The molecule has 0 N–H and O–H groups in total. The number of nitrogens with zero attached hydrogens (tertiary/aromatic N) is 1. The van der Waals surface area contributed by atoms with Gasteiger partial charge in [-0.15, -0.1) is 0 Å². The highest BCUT2D eigenvalue weighted by Crippen LogP contribution is 2.54. The van der Waals surface area contributed by atoms with Gasteiger partial charge in [-0.05, 0) is 93.9 Å². The number of rotatable bonds is 4. The zero-order valence-corrected chi connectivity index (χ0v) is 28.9. The standard InChI is InChI=1S/C49H33NO2/c1-49(2)41-13-6-3-12-40(41)47-42(49)14-9-15-43(47)50(34-24-27-38-36-10-4-7-16-44(36)51-46(38)29-34)33-22-18-30(19-23-33)31-20-25-35-32(28-31)21-26-39-37-11-5-8-17-45(37)52-48(35)39/h3-29H,1-2H3. The first-order valence-corrected chi connectivity index (χ1v) is 17.9. The van der Waals surface area contributed by atoms with Crippen LogP contribution in [0.5, 0.6) is 0 Å². The van der Waals surface area contributed by atoms with Crippen molar-refractivity contribution in [3.8, 4) is 22.3 Å². The summed E-state index contributed by atoms with van der Waals surface area (Å²) >= 11 is 0. The van der Waals surface area contributed by atoms with Gasteiger partial charge in [-0.2, -0.15) is 0 Å². The molecule has 0 saturated carbocycles. The highest BCUT2D eigenvalue weighted by atomic mass is 16.3. The van der Waals surface area contributed by atoms with Gasteiger partial charge in [0.15, 0.2) is 0 Å². The van der Waals surface area contributed by atoms with Gasteiger partial charge in [-0.1, -0.05) is 111 Å². The molecule has 246 valence electrons. The summed E-state index contributed by atoms with van der Waals surface area (Å²) in [6.45, 7) is 4.67. The summed E-state index contributed by atoms with van der Waals surface area (Å²) in [6.07, 6.45) is 0. The molecule has 1 aliphatic carbocycles. The van der Waals surface area contributed by atoms with Crippen LogP contribution in [0.3, 0.4) is 0 Å². The van der Waals surface area contributed by atoms with Crippen molar-refractivity contribution >= 4 is 71.7 Å². The number of benzene rings is 8. The molecule has 0 unspecified atom stereocenters. The molecule has 1 aliphatic rings. The van der Waals surface area contributed by atoms with E-state index in [9.17, 15) is 0 Å². The van der Waals surface area contributed by atoms with Gasteiger partial charge in [0.05, 0.1) is 5.69 Å². The molecule has 2 heterocycles. The molecule has 11 rings (SSSR count). The highest BCUT2D eigenvalue weighted by Gasteiger charge is 2.37. The second-order valence-corrected chi connectivity index (χ2v) is 14.5. The van der Waals surface area contributed by atoms with E-state index in [2.05, 4.69) is 158 Å². The molecule has 0 saturated heterocycles. The number of hydrogen-bond acceptors (Lipinski definition) is 3. The lowest BCUT2D eigenvalue weighted by Crippen LogP contribution is -2.16. The van der Waals surface area contributed by atoms with Gasteiger partial charge in [-0.3, -0.25) is 0 Å². The second-order valence-electron chi connectivity index (χ2n) is 14.5. The second kappa shape index (κ2) is 10.7. The average Bonchev–Trinajstić information content (AvgIpc) is 3.83. The van der Waals surface area contributed by atoms with Gasteiger partial charge in [0.2, 0.25) is 0 Å². The Morgan fingerprint density at radius 2 is 1.08 bits per heavy atom. The quantitative estimate of drug-likeness (QED) is 0.187. The lowest BCUT2D eigenvalue weighted by molar-refractivity contribution is 0.660. The molecule has 52 heavy (non-hydrogen) atoms. The van der Waals surface area contributed by atoms with Gasteiger partial charge < -0.3 is 13.7 Å².